The van der Waals surface area contributed by atoms with Crippen LogP contribution >= 0.6 is 0 Å². The largest absolute Gasteiger partial charge is 0.386 e. The molecule has 1 aliphatic heterocycles. The van der Waals surface area contributed by atoms with Crippen molar-refractivity contribution < 1.29 is 0 Å². The van der Waals surface area contributed by atoms with Crippen molar-refractivity contribution in [3.8, 4) is 0 Å². The number of nitrogens with zero attached hydrogens (tertiary/aromatic N) is 1. The zero-order chi connectivity index (χ0) is 12.0. The van der Waals surface area contributed by atoms with Crippen LogP contribution in [0.5, 0.6) is 0 Å². The summed E-state index contributed by atoms with van der Waals surface area (Å²) in [5, 5.41) is 11.1. The van der Waals surface area contributed by atoms with Crippen LogP contribution in [-0.2, 0) is 0 Å². The van der Waals surface area contributed by atoms with Gasteiger partial charge in [-0.05, 0) is 38.8 Å². The quantitative estimate of drug-likeness (QED) is 0.404. The molecule has 8 N–H and O–H groups in total. The van der Waals surface area contributed by atoms with Gasteiger partial charge in [0.15, 0.2) is 0 Å². The van der Waals surface area contributed by atoms with Crippen molar-refractivity contribution in [1.29, 1.82) is 5.41 Å². The molecule has 0 spiro atoms. The molecule has 1 aliphatic rings. The third kappa shape index (κ3) is 3.55. The van der Waals surface area contributed by atoms with E-state index in [4.69, 9.17) is 22.6 Å². The molecule has 0 amide bonds. The Balaban J connectivity index is 2.54. The van der Waals surface area contributed by atoms with Gasteiger partial charge in [0.1, 0.15) is 11.7 Å². The smallest absolute Gasteiger partial charge is 0.139 e. The first-order chi connectivity index (χ1) is 7.69. The fourth-order valence-corrected chi connectivity index (χ4v) is 1.80. The number of hydrogen-bond acceptors (Lipinski definition) is 5. The molecule has 0 aliphatic carbocycles. The molecular weight excluding hydrogens is 204 g/mol. The van der Waals surface area contributed by atoms with Crippen LogP contribution in [0.4, 0.5) is 0 Å². The second-order valence-corrected chi connectivity index (χ2v) is 4.06. The summed E-state index contributed by atoms with van der Waals surface area (Å²) in [5.74, 6) is 0.817. The summed E-state index contributed by atoms with van der Waals surface area (Å²) >= 11 is 0. The average molecular weight is 226 g/mol. The highest BCUT2D eigenvalue weighted by Gasteiger charge is 2.26. The van der Waals surface area contributed by atoms with Crippen LogP contribution < -0.4 is 22.5 Å². The summed E-state index contributed by atoms with van der Waals surface area (Å²) in [6, 6.07) is 0.0408. The van der Waals surface area contributed by atoms with Crippen LogP contribution in [0.15, 0.2) is 4.99 Å². The van der Waals surface area contributed by atoms with E-state index < -0.39 is 0 Å². The molecule has 6 heteroatoms. The zero-order valence-corrected chi connectivity index (χ0v) is 9.58. The molecule has 0 radical (unpaired) electrons. The topological polar surface area (TPSA) is 126 Å². The Morgan fingerprint density at radius 1 is 1.12 bits per heavy atom. The van der Waals surface area contributed by atoms with Crippen LogP contribution in [0.25, 0.3) is 0 Å². The summed E-state index contributed by atoms with van der Waals surface area (Å²) in [6.45, 7) is 1.29. The molecule has 6 nitrogen and oxygen atoms in total. The van der Waals surface area contributed by atoms with E-state index in [1.165, 1.54) is 0 Å². The van der Waals surface area contributed by atoms with Gasteiger partial charge in [0.2, 0.25) is 0 Å². The Bertz CT molecular complexity index is 262. The van der Waals surface area contributed by atoms with Gasteiger partial charge in [-0.15, -0.1) is 0 Å². The Kier molecular flexibility index (Phi) is 5.37. The van der Waals surface area contributed by atoms with E-state index in [-0.39, 0.29) is 12.1 Å². The van der Waals surface area contributed by atoms with Crippen molar-refractivity contribution in [3.05, 3.63) is 0 Å². The molecule has 92 valence electrons. The Morgan fingerprint density at radius 3 is 2.25 bits per heavy atom. The molecule has 0 saturated carbocycles. The maximum atomic E-state index is 7.73. The van der Waals surface area contributed by atoms with Crippen LogP contribution in [0.3, 0.4) is 0 Å². The minimum absolute atomic E-state index is 0.0152. The number of hydrogen-bond donors (Lipinski definition) is 5. The van der Waals surface area contributed by atoms with Gasteiger partial charge in [-0.2, -0.15) is 0 Å². The van der Waals surface area contributed by atoms with E-state index in [0.717, 1.165) is 25.7 Å². The Labute approximate surface area is 96.2 Å². The van der Waals surface area contributed by atoms with Gasteiger partial charge in [-0.3, -0.25) is 10.7 Å². The summed E-state index contributed by atoms with van der Waals surface area (Å²) in [6.07, 6.45) is 3.51. The van der Waals surface area contributed by atoms with Gasteiger partial charge in [0.25, 0.3) is 0 Å². The highest BCUT2D eigenvalue weighted by molar-refractivity contribution is 6.02. The number of nitrogens with two attached hydrogens (primary N) is 3. The Hall–Kier alpha value is -0.980. The number of rotatable bonds is 6. The lowest BCUT2D eigenvalue weighted by Gasteiger charge is -2.29. The first-order valence-corrected chi connectivity index (χ1v) is 5.77. The van der Waals surface area contributed by atoms with Crippen molar-refractivity contribution in [1.82, 2.24) is 5.32 Å². The molecule has 0 aromatic carbocycles. The van der Waals surface area contributed by atoms with E-state index in [1.54, 1.807) is 0 Å². The standard InChI is InChI=1S/C10H22N6/c11-5-1-3-7-9(13)16-10(14)8(15-7)4-2-6-12/h7-8,15H,1-6,11-12H2,(H3,13,14,16). The summed E-state index contributed by atoms with van der Waals surface area (Å²) < 4.78 is 0. The monoisotopic (exact) mass is 226 g/mol. The highest BCUT2D eigenvalue weighted by atomic mass is 15.1. The molecule has 0 aromatic heterocycles. The van der Waals surface area contributed by atoms with Crippen molar-refractivity contribution in [2.75, 3.05) is 13.1 Å². The molecule has 0 aromatic rings. The third-order valence-electron chi connectivity index (χ3n) is 2.73. The Morgan fingerprint density at radius 2 is 1.69 bits per heavy atom. The SMILES string of the molecule is N=C1N=C(N)C(CCCN)NC1CCCN. The second kappa shape index (κ2) is 6.57. The van der Waals surface area contributed by atoms with Crippen LogP contribution in [0.2, 0.25) is 0 Å². The molecule has 0 saturated heterocycles. The lowest BCUT2D eigenvalue weighted by Crippen LogP contribution is -2.53. The van der Waals surface area contributed by atoms with Crippen molar-refractivity contribution in [3.63, 3.8) is 0 Å². The predicted octanol–water partition coefficient (Wildman–Crippen LogP) is -0.861. The van der Waals surface area contributed by atoms with E-state index in [1.807, 2.05) is 0 Å². The van der Waals surface area contributed by atoms with Gasteiger partial charge >= 0.3 is 0 Å². The van der Waals surface area contributed by atoms with Crippen molar-refractivity contribution in [2.45, 2.75) is 37.8 Å². The minimum Gasteiger partial charge on any atom is -0.386 e. The number of amidine groups is 2. The minimum atomic E-state index is -0.0152. The molecule has 16 heavy (non-hydrogen) atoms. The average Bonchev–Trinajstić information content (AvgIpc) is 2.26. The number of aliphatic imine (C=N–C) groups is 1. The van der Waals surface area contributed by atoms with Gasteiger partial charge in [-0.1, -0.05) is 0 Å². The lowest BCUT2D eigenvalue weighted by atomic mass is 10.0. The second-order valence-electron chi connectivity index (χ2n) is 4.06. The van der Waals surface area contributed by atoms with Crippen LogP contribution in [-0.4, -0.2) is 36.8 Å². The maximum absolute atomic E-state index is 7.73. The third-order valence-corrected chi connectivity index (χ3v) is 2.73. The van der Waals surface area contributed by atoms with Crippen LogP contribution in [0.1, 0.15) is 25.7 Å². The van der Waals surface area contributed by atoms with Gasteiger partial charge in [-0.25, -0.2) is 4.99 Å². The molecular formula is C10H22N6. The summed E-state index contributed by atoms with van der Waals surface area (Å²) in [7, 11) is 0. The lowest BCUT2D eigenvalue weighted by molar-refractivity contribution is 0.486. The van der Waals surface area contributed by atoms with E-state index in [9.17, 15) is 0 Å². The van der Waals surface area contributed by atoms with Crippen molar-refractivity contribution in [2.24, 2.45) is 22.2 Å². The molecule has 1 heterocycles. The van der Waals surface area contributed by atoms with Crippen molar-refractivity contribution >= 4 is 11.7 Å². The molecule has 0 bridgehead atoms. The summed E-state index contributed by atoms with van der Waals surface area (Å²) in [5.41, 5.74) is 16.7. The zero-order valence-electron chi connectivity index (χ0n) is 9.58. The molecule has 2 unspecified atom stereocenters. The maximum Gasteiger partial charge on any atom is 0.139 e. The van der Waals surface area contributed by atoms with Gasteiger partial charge in [0.05, 0.1) is 12.1 Å². The normalized spacial score (nSPS) is 25.6. The van der Waals surface area contributed by atoms with Gasteiger partial charge in [0, 0.05) is 0 Å². The number of nitrogens with one attached hydrogen (secondary N) is 2. The van der Waals surface area contributed by atoms with Crippen LogP contribution in [0, 0.1) is 5.41 Å². The summed E-state index contributed by atoms with van der Waals surface area (Å²) in [4.78, 5) is 4.08. The molecule has 2 atom stereocenters. The van der Waals surface area contributed by atoms with E-state index in [0.29, 0.717) is 24.8 Å². The van der Waals surface area contributed by atoms with E-state index >= 15 is 0 Å². The van der Waals surface area contributed by atoms with E-state index in [2.05, 4.69) is 10.3 Å². The highest BCUT2D eigenvalue weighted by Crippen LogP contribution is 2.09. The first-order valence-electron chi connectivity index (χ1n) is 5.77. The van der Waals surface area contributed by atoms with Gasteiger partial charge < -0.3 is 17.2 Å². The molecule has 0 fully saturated rings. The predicted molar refractivity (Wildman–Crippen MR) is 66.6 cm³/mol. The first kappa shape index (κ1) is 13.1. The molecule has 1 rings (SSSR count). The fraction of sp³-hybridized carbons (Fsp3) is 0.800. The fourth-order valence-electron chi connectivity index (χ4n) is 1.80.